The number of hydrogen-bond acceptors (Lipinski definition) is 2. The minimum absolute atomic E-state index is 0.0170. The van der Waals surface area contributed by atoms with E-state index in [0.717, 1.165) is 11.3 Å². The van der Waals surface area contributed by atoms with E-state index < -0.39 is 0 Å². The normalized spacial score (nSPS) is 23.4. The highest BCUT2D eigenvalue weighted by Crippen LogP contribution is 2.34. The number of piperazine rings is 1. The molecule has 1 N–H and O–H groups in total. The minimum atomic E-state index is -0.158. The lowest BCUT2D eigenvalue weighted by molar-refractivity contribution is -0.120. The van der Waals surface area contributed by atoms with Gasteiger partial charge in [-0.2, -0.15) is 0 Å². The number of benzene rings is 1. The Morgan fingerprint density at radius 3 is 3.20 bits per heavy atom. The van der Waals surface area contributed by atoms with Crippen molar-refractivity contribution in [1.29, 1.82) is 0 Å². The Morgan fingerprint density at radius 2 is 2.33 bits per heavy atom. The molecule has 4 heteroatoms. The van der Waals surface area contributed by atoms with Crippen molar-refractivity contribution in [3.05, 3.63) is 29.6 Å². The van der Waals surface area contributed by atoms with Gasteiger partial charge in [-0.1, -0.05) is 6.07 Å². The van der Waals surface area contributed by atoms with Gasteiger partial charge in [-0.3, -0.25) is 4.79 Å². The van der Waals surface area contributed by atoms with Gasteiger partial charge in [-0.25, -0.2) is 4.39 Å². The summed E-state index contributed by atoms with van der Waals surface area (Å²) in [4.78, 5) is 13.3. The maximum absolute atomic E-state index is 13.5. The first-order valence-electron chi connectivity index (χ1n) is 5.06. The lowest BCUT2D eigenvalue weighted by atomic mass is 10.1. The number of anilines is 1. The van der Waals surface area contributed by atoms with E-state index >= 15 is 0 Å². The Bertz CT molecular complexity index is 433. The Kier molecular flexibility index (Phi) is 1.71. The van der Waals surface area contributed by atoms with Crippen LogP contribution in [0, 0.1) is 5.82 Å². The summed E-state index contributed by atoms with van der Waals surface area (Å²) in [6.07, 6.45) is 0.697. The number of hydrogen-bond donors (Lipinski definition) is 1. The van der Waals surface area contributed by atoms with Crippen LogP contribution in [-0.2, 0) is 11.2 Å². The van der Waals surface area contributed by atoms with Gasteiger partial charge < -0.3 is 10.2 Å². The number of rotatable bonds is 0. The van der Waals surface area contributed by atoms with Gasteiger partial charge in [0.1, 0.15) is 5.82 Å². The van der Waals surface area contributed by atoms with Crippen LogP contribution in [0.1, 0.15) is 5.56 Å². The number of nitrogens with zero attached hydrogens (tertiary/aromatic N) is 1. The summed E-state index contributed by atoms with van der Waals surface area (Å²) in [5.41, 5.74) is 1.63. The second-order valence-corrected chi connectivity index (χ2v) is 4.03. The number of amides is 1. The Morgan fingerprint density at radius 1 is 1.47 bits per heavy atom. The van der Waals surface area contributed by atoms with Crippen molar-refractivity contribution in [2.45, 2.75) is 12.5 Å². The summed E-state index contributed by atoms with van der Waals surface area (Å²) >= 11 is 0. The molecule has 2 heterocycles. The van der Waals surface area contributed by atoms with Crippen LogP contribution in [0.25, 0.3) is 0 Å². The van der Waals surface area contributed by atoms with E-state index in [0.29, 0.717) is 19.5 Å². The summed E-state index contributed by atoms with van der Waals surface area (Å²) in [6.45, 7) is 0.966. The summed E-state index contributed by atoms with van der Waals surface area (Å²) in [5.74, 6) is -0.141. The van der Waals surface area contributed by atoms with Gasteiger partial charge in [-0.15, -0.1) is 0 Å². The van der Waals surface area contributed by atoms with E-state index in [1.54, 1.807) is 6.07 Å². The molecule has 1 atom stereocenters. The molecular weight excluding hydrogens is 195 g/mol. The molecule has 15 heavy (non-hydrogen) atoms. The fourth-order valence-corrected chi connectivity index (χ4v) is 2.40. The second-order valence-electron chi connectivity index (χ2n) is 4.03. The molecule has 0 saturated carbocycles. The average Bonchev–Trinajstić information content (AvgIpc) is 2.58. The second kappa shape index (κ2) is 2.95. The maximum Gasteiger partial charge on any atom is 0.239 e. The molecule has 1 aromatic rings. The standard InChI is InChI=1S/C11H11FN2O/c12-9-2-1-3-10-8(9)4-7-5-13-11(15)6-14(7)10/h1-3,7H,4-6H2,(H,13,15). The molecule has 3 nitrogen and oxygen atoms in total. The first-order valence-corrected chi connectivity index (χ1v) is 5.06. The van der Waals surface area contributed by atoms with Crippen LogP contribution in [0.15, 0.2) is 18.2 Å². The fraction of sp³-hybridized carbons (Fsp3) is 0.364. The Balaban J connectivity index is 2.04. The number of carbonyl (C=O) groups is 1. The van der Waals surface area contributed by atoms with Crippen molar-refractivity contribution < 1.29 is 9.18 Å². The van der Waals surface area contributed by atoms with E-state index in [1.807, 2.05) is 11.0 Å². The van der Waals surface area contributed by atoms with Gasteiger partial charge in [0, 0.05) is 17.8 Å². The van der Waals surface area contributed by atoms with Crippen LogP contribution in [0.4, 0.5) is 10.1 Å². The molecule has 1 amide bonds. The van der Waals surface area contributed by atoms with Gasteiger partial charge in [0.15, 0.2) is 0 Å². The molecule has 0 bridgehead atoms. The molecule has 0 aromatic heterocycles. The highest BCUT2D eigenvalue weighted by molar-refractivity contribution is 5.84. The van der Waals surface area contributed by atoms with Gasteiger partial charge in [0.2, 0.25) is 5.91 Å². The third kappa shape index (κ3) is 1.21. The Hall–Kier alpha value is -1.58. The SMILES string of the molecule is O=C1CN2c3cccc(F)c3CC2CN1. The number of halogens is 1. The number of carbonyl (C=O) groups excluding carboxylic acids is 1. The molecule has 3 rings (SSSR count). The fourth-order valence-electron chi connectivity index (χ4n) is 2.40. The highest BCUT2D eigenvalue weighted by Gasteiger charge is 2.35. The summed E-state index contributed by atoms with van der Waals surface area (Å²) in [5, 5.41) is 2.80. The zero-order valence-electron chi connectivity index (χ0n) is 8.16. The van der Waals surface area contributed by atoms with E-state index in [4.69, 9.17) is 0 Å². The van der Waals surface area contributed by atoms with Crippen LogP contribution in [0.5, 0.6) is 0 Å². The quantitative estimate of drug-likeness (QED) is 0.677. The molecule has 1 fully saturated rings. The van der Waals surface area contributed by atoms with Gasteiger partial charge in [-0.05, 0) is 18.6 Å². The lowest BCUT2D eigenvalue weighted by Gasteiger charge is -2.31. The lowest BCUT2D eigenvalue weighted by Crippen LogP contribution is -2.52. The molecule has 0 aliphatic carbocycles. The molecule has 2 aliphatic rings. The zero-order valence-corrected chi connectivity index (χ0v) is 8.16. The zero-order chi connectivity index (χ0) is 10.4. The van der Waals surface area contributed by atoms with Gasteiger partial charge >= 0.3 is 0 Å². The third-order valence-corrected chi connectivity index (χ3v) is 3.13. The van der Waals surface area contributed by atoms with Gasteiger partial charge in [0.25, 0.3) is 0 Å². The molecule has 0 spiro atoms. The molecule has 2 aliphatic heterocycles. The van der Waals surface area contributed by atoms with E-state index in [2.05, 4.69) is 5.32 Å². The molecule has 1 aromatic carbocycles. The maximum atomic E-state index is 13.5. The molecule has 1 unspecified atom stereocenters. The summed E-state index contributed by atoms with van der Waals surface area (Å²) in [7, 11) is 0. The van der Waals surface area contributed by atoms with Crippen molar-refractivity contribution in [3.8, 4) is 0 Å². The van der Waals surface area contributed by atoms with Crippen LogP contribution >= 0.6 is 0 Å². The smallest absolute Gasteiger partial charge is 0.239 e. The first kappa shape index (κ1) is 8.71. The predicted octanol–water partition coefficient (Wildman–Crippen LogP) is 0.687. The van der Waals surface area contributed by atoms with Crippen molar-refractivity contribution in [2.24, 2.45) is 0 Å². The minimum Gasteiger partial charge on any atom is -0.357 e. The predicted molar refractivity (Wildman–Crippen MR) is 54.2 cm³/mol. The average molecular weight is 206 g/mol. The topological polar surface area (TPSA) is 32.3 Å². The van der Waals surface area contributed by atoms with Gasteiger partial charge in [0.05, 0.1) is 12.6 Å². The van der Waals surface area contributed by atoms with E-state index in [-0.39, 0.29) is 17.8 Å². The summed E-state index contributed by atoms with van der Waals surface area (Å²) in [6, 6.07) is 5.29. The molecular formula is C11H11FN2O. The largest absolute Gasteiger partial charge is 0.357 e. The monoisotopic (exact) mass is 206 g/mol. The van der Waals surface area contributed by atoms with E-state index in [9.17, 15) is 9.18 Å². The van der Waals surface area contributed by atoms with Crippen LogP contribution in [-0.4, -0.2) is 25.0 Å². The van der Waals surface area contributed by atoms with Crippen molar-refractivity contribution in [2.75, 3.05) is 18.0 Å². The van der Waals surface area contributed by atoms with Crippen LogP contribution < -0.4 is 10.2 Å². The highest BCUT2D eigenvalue weighted by atomic mass is 19.1. The molecule has 78 valence electrons. The van der Waals surface area contributed by atoms with Crippen LogP contribution in [0.3, 0.4) is 0 Å². The molecule has 0 radical (unpaired) electrons. The first-order chi connectivity index (χ1) is 7.25. The van der Waals surface area contributed by atoms with Crippen molar-refractivity contribution >= 4 is 11.6 Å². The molecule has 1 saturated heterocycles. The Labute approximate surface area is 86.9 Å². The number of nitrogens with one attached hydrogen (secondary N) is 1. The van der Waals surface area contributed by atoms with Crippen LogP contribution in [0.2, 0.25) is 0 Å². The van der Waals surface area contributed by atoms with Crippen molar-refractivity contribution in [3.63, 3.8) is 0 Å². The number of fused-ring (bicyclic) bond motifs is 3. The van der Waals surface area contributed by atoms with E-state index in [1.165, 1.54) is 6.07 Å². The summed E-state index contributed by atoms with van der Waals surface area (Å²) < 4.78 is 13.5. The third-order valence-electron chi connectivity index (χ3n) is 3.13. The van der Waals surface area contributed by atoms with Crippen molar-refractivity contribution in [1.82, 2.24) is 5.32 Å².